The fourth-order valence-electron chi connectivity index (χ4n) is 2.78. The van der Waals surface area contributed by atoms with Crippen LogP contribution in [0.3, 0.4) is 0 Å². The number of benzene rings is 2. The predicted molar refractivity (Wildman–Crippen MR) is 96.8 cm³/mol. The zero-order valence-electron chi connectivity index (χ0n) is 13.6. The monoisotopic (exact) mass is 343 g/mol. The van der Waals surface area contributed by atoms with E-state index in [0.717, 1.165) is 22.4 Å². The Hall–Kier alpha value is -2.11. The first-order chi connectivity index (χ1) is 11.5. The lowest BCUT2D eigenvalue weighted by atomic mass is 10.1. The molecule has 0 radical (unpaired) electrons. The molecule has 0 saturated carbocycles. The number of hydrogen-bond acceptors (Lipinski definition) is 4. The molecule has 3 rings (SSSR count). The highest BCUT2D eigenvalue weighted by Gasteiger charge is 2.18. The summed E-state index contributed by atoms with van der Waals surface area (Å²) in [5, 5.41) is 3.37. The van der Waals surface area contributed by atoms with E-state index in [4.69, 9.17) is 4.74 Å². The van der Waals surface area contributed by atoms with Crippen LogP contribution in [0.15, 0.2) is 60.2 Å². The molecule has 0 aromatic heterocycles. The highest BCUT2D eigenvalue weighted by atomic mass is 32.2. The molecule has 0 aliphatic carbocycles. The van der Waals surface area contributed by atoms with Gasteiger partial charge in [0.25, 0.3) is 0 Å². The van der Waals surface area contributed by atoms with Crippen molar-refractivity contribution in [1.82, 2.24) is 5.32 Å². The molecule has 24 heavy (non-hydrogen) atoms. The molecule has 0 unspecified atom stereocenters. The van der Waals surface area contributed by atoms with Gasteiger partial charge in [-0.1, -0.05) is 48.5 Å². The second-order valence-corrected chi connectivity index (χ2v) is 8.25. The van der Waals surface area contributed by atoms with Crippen LogP contribution in [0.5, 0.6) is 5.75 Å². The van der Waals surface area contributed by atoms with Crippen LogP contribution in [0, 0.1) is 0 Å². The van der Waals surface area contributed by atoms with E-state index in [0.29, 0.717) is 13.2 Å². The third kappa shape index (κ3) is 4.46. The van der Waals surface area contributed by atoms with Gasteiger partial charge in [0.1, 0.15) is 22.2 Å². The summed E-state index contributed by atoms with van der Waals surface area (Å²) in [4.78, 5) is 0. The lowest BCUT2D eigenvalue weighted by Crippen LogP contribution is -2.30. The summed E-state index contributed by atoms with van der Waals surface area (Å²) in [5.41, 5.74) is 3.13. The number of fused-ring (bicyclic) bond motifs is 1. The smallest absolute Gasteiger partial charge is 0.149 e. The summed E-state index contributed by atoms with van der Waals surface area (Å²) in [7, 11) is -3.09. The lowest BCUT2D eigenvalue weighted by molar-refractivity contribution is 0.341. The first-order valence-corrected chi connectivity index (χ1v) is 9.95. The first kappa shape index (κ1) is 16.7. The van der Waals surface area contributed by atoms with E-state index in [2.05, 4.69) is 11.4 Å². The fraction of sp³-hybridized carbons (Fsp3) is 0.263. The SMILES string of the molecule is CS(=O)(=O)C[C@H](NCC1=Cc2ccccc2OC1)c1ccccc1. The molecule has 1 aliphatic rings. The quantitative estimate of drug-likeness (QED) is 0.876. The van der Waals surface area contributed by atoms with E-state index in [9.17, 15) is 8.42 Å². The van der Waals surface area contributed by atoms with Gasteiger partial charge < -0.3 is 10.1 Å². The van der Waals surface area contributed by atoms with E-state index in [-0.39, 0.29) is 11.8 Å². The van der Waals surface area contributed by atoms with Crippen molar-refractivity contribution in [2.24, 2.45) is 0 Å². The summed E-state index contributed by atoms with van der Waals surface area (Å²) in [6, 6.07) is 17.3. The normalized spacial score (nSPS) is 15.1. The molecular formula is C19H21NO3S. The number of hydrogen-bond donors (Lipinski definition) is 1. The van der Waals surface area contributed by atoms with Gasteiger partial charge >= 0.3 is 0 Å². The van der Waals surface area contributed by atoms with Crippen LogP contribution in [0.4, 0.5) is 0 Å². The van der Waals surface area contributed by atoms with Gasteiger partial charge in [-0.3, -0.25) is 0 Å². The van der Waals surface area contributed by atoms with Crippen molar-refractivity contribution in [1.29, 1.82) is 0 Å². The molecule has 0 saturated heterocycles. The average molecular weight is 343 g/mol. The van der Waals surface area contributed by atoms with Gasteiger partial charge in [-0.15, -0.1) is 0 Å². The summed E-state index contributed by atoms with van der Waals surface area (Å²) in [6.45, 7) is 1.10. The molecule has 0 spiro atoms. The van der Waals surface area contributed by atoms with E-state index in [1.165, 1.54) is 6.26 Å². The molecule has 4 nitrogen and oxygen atoms in total. The minimum Gasteiger partial charge on any atom is -0.489 e. The first-order valence-electron chi connectivity index (χ1n) is 7.88. The largest absolute Gasteiger partial charge is 0.489 e. The van der Waals surface area contributed by atoms with Crippen molar-refractivity contribution in [3.05, 3.63) is 71.3 Å². The summed E-state index contributed by atoms with van der Waals surface area (Å²) in [6.07, 6.45) is 3.37. The van der Waals surface area contributed by atoms with Crippen molar-refractivity contribution in [2.75, 3.05) is 25.2 Å². The minimum absolute atomic E-state index is 0.0712. The van der Waals surface area contributed by atoms with Crippen LogP contribution in [-0.4, -0.2) is 33.6 Å². The highest BCUT2D eigenvalue weighted by molar-refractivity contribution is 7.90. The summed E-state index contributed by atoms with van der Waals surface area (Å²) >= 11 is 0. The van der Waals surface area contributed by atoms with Crippen LogP contribution in [0.2, 0.25) is 0 Å². The molecule has 1 N–H and O–H groups in total. The topological polar surface area (TPSA) is 55.4 Å². The van der Waals surface area contributed by atoms with Crippen LogP contribution >= 0.6 is 0 Å². The third-order valence-electron chi connectivity index (χ3n) is 3.94. The molecule has 0 bridgehead atoms. The van der Waals surface area contributed by atoms with E-state index >= 15 is 0 Å². The van der Waals surface area contributed by atoms with Crippen molar-refractivity contribution in [2.45, 2.75) is 6.04 Å². The van der Waals surface area contributed by atoms with Crippen LogP contribution < -0.4 is 10.1 Å². The Balaban J connectivity index is 1.74. The second kappa shape index (κ2) is 7.20. The molecule has 5 heteroatoms. The number of nitrogens with one attached hydrogen (secondary N) is 1. The van der Waals surface area contributed by atoms with Gasteiger partial charge in [0.05, 0.1) is 5.75 Å². The van der Waals surface area contributed by atoms with Crippen LogP contribution in [-0.2, 0) is 9.84 Å². The molecule has 0 amide bonds. The van der Waals surface area contributed by atoms with Crippen molar-refractivity contribution in [3.63, 3.8) is 0 Å². The lowest BCUT2D eigenvalue weighted by Gasteiger charge is -2.22. The molecule has 0 fully saturated rings. The molecule has 1 heterocycles. The molecule has 1 aliphatic heterocycles. The molecule has 2 aromatic rings. The van der Waals surface area contributed by atoms with Gasteiger partial charge in [0.15, 0.2) is 0 Å². The Bertz CT molecular complexity index is 829. The number of ether oxygens (including phenoxy) is 1. The van der Waals surface area contributed by atoms with Gasteiger partial charge in [0.2, 0.25) is 0 Å². The molecule has 126 valence electrons. The van der Waals surface area contributed by atoms with Gasteiger partial charge in [-0.2, -0.15) is 0 Å². The van der Waals surface area contributed by atoms with Crippen LogP contribution in [0.1, 0.15) is 17.2 Å². The number of sulfone groups is 1. The zero-order chi connectivity index (χ0) is 17.0. The Kier molecular flexibility index (Phi) is 5.02. The van der Waals surface area contributed by atoms with Gasteiger partial charge in [-0.25, -0.2) is 8.42 Å². The van der Waals surface area contributed by atoms with E-state index in [1.807, 2.05) is 54.6 Å². The standard InChI is InChI=1S/C19H21NO3S/c1-24(21,22)14-18(16-7-3-2-4-8-16)20-12-15-11-17-9-5-6-10-19(17)23-13-15/h2-11,18,20H,12-14H2,1H3/t18-/m0/s1. The van der Waals surface area contributed by atoms with Crippen molar-refractivity contribution >= 4 is 15.9 Å². The predicted octanol–water partition coefficient (Wildman–Crippen LogP) is 2.84. The Morgan fingerprint density at radius 3 is 2.54 bits per heavy atom. The second-order valence-electron chi connectivity index (χ2n) is 6.07. The van der Waals surface area contributed by atoms with Gasteiger partial charge in [-0.05, 0) is 23.3 Å². The maximum atomic E-state index is 11.8. The minimum atomic E-state index is -3.09. The summed E-state index contributed by atoms with van der Waals surface area (Å²) in [5.74, 6) is 0.957. The van der Waals surface area contributed by atoms with Gasteiger partial charge in [0, 0.05) is 24.4 Å². The Morgan fingerprint density at radius 1 is 1.08 bits per heavy atom. The van der Waals surface area contributed by atoms with Crippen molar-refractivity contribution in [3.8, 4) is 5.75 Å². The Labute approximate surface area is 143 Å². The molecular weight excluding hydrogens is 322 g/mol. The number of para-hydroxylation sites is 1. The zero-order valence-corrected chi connectivity index (χ0v) is 14.4. The average Bonchev–Trinajstić information content (AvgIpc) is 2.58. The fourth-order valence-corrected chi connectivity index (χ4v) is 3.70. The highest BCUT2D eigenvalue weighted by Crippen LogP contribution is 2.25. The van der Waals surface area contributed by atoms with E-state index in [1.54, 1.807) is 0 Å². The summed E-state index contributed by atoms with van der Waals surface area (Å²) < 4.78 is 29.2. The number of rotatable bonds is 6. The van der Waals surface area contributed by atoms with Crippen LogP contribution in [0.25, 0.3) is 6.08 Å². The maximum Gasteiger partial charge on any atom is 0.149 e. The van der Waals surface area contributed by atoms with Crippen molar-refractivity contribution < 1.29 is 13.2 Å². The molecule has 1 atom stereocenters. The molecule has 2 aromatic carbocycles. The van der Waals surface area contributed by atoms with E-state index < -0.39 is 9.84 Å². The third-order valence-corrected chi connectivity index (χ3v) is 4.88. The Morgan fingerprint density at radius 2 is 1.79 bits per heavy atom. The maximum absolute atomic E-state index is 11.8.